The molecule has 1 fully saturated rings. The summed E-state index contributed by atoms with van der Waals surface area (Å²) in [7, 11) is 1.84. The lowest BCUT2D eigenvalue weighted by Gasteiger charge is -2.29. The maximum Gasteiger partial charge on any atom is 0.243 e. The molecule has 1 aliphatic heterocycles. The molecule has 1 saturated heterocycles. The fourth-order valence-electron chi connectivity index (χ4n) is 4.85. The van der Waals surface area contributed by atoms with Crippen molar-refractivity contribution in [2.75, 3.05) is 13.6 Å². The Morgan fingerprint density at radius 3 is 2.61 bits per heavy atom. The molecule has 2 N–H and O–H groups in total. The van der Waals surface area contributed by atoms with E-state index in [1.54, 1.807) is 16.2 Å². The molecule has 8 nitrogen and oxygen atoms in total. The van der Waals surface area contributed by atoms with Crippen LogP contribution in [0.2, 0.25) is 0 Å². The first-order chi connectivity index (χ1) is 17.3. The molecule has 3 atom stereocenters. The van der Waals surface area contributed by atoms with Crippen molar-refractivity contribution in [3.05, 3.63) is 58.6 Å². The second-order valence-electron chi connectivity index (χ2n) is 9.78. The van der Waals surface area contributed by atoms with Gasteiger partial charge in [-0.15, -0.1) is 11.3 Å². The van der Waals surface area contributed by atoms with Crippen molar-refractivity contribution in [2.24, 2.45) is 5.92 Å². The van der Waals surface area contributed by atoms with Crippen LogP contribution in [0.5, 0.6) is 0 Å². The Morgan fingerprint density at radius 1 is 1.22 bits per heavy atom. The van der Waals surface area contributed by atoms with Crippen molar-refractivity contribution < 1.29 is 14.1 Å². The predicted molar refractivity (Wildman–Crippen MR) is 140 cm³/mol. The fraction of sp³-hybridized carbons (Fsp3) is 0.481. The summed E-state index contributed by atoms with van der Waals surface area (Å²) in [6.45, 7) is 9.10. The van der Waals surface area contributed by atoms with Gasteiger partial charge in [0.25, 0.3) is 0 Å². The van der Waals surface area contributed by atoms with E-state index in [4.69, 9.17) is 4.52 Å². The molecule has 192 valence electrons. The van der Waals surface area contributed by atoms with Crippen LogP contribution in [0.4, 0.5) is 0 Å². The first-order valence-corrected chi connectivity index (χ1v) is 13.4. The predicted octanol–water partition coefficient (Wildman–Crippen LogP) is 4.43. The van der Waals surface area contributed by atoms with E-state index < -0.39 is 12.0 Å². The van der Waals surface area contributed by atoms with Crippen LogP contribution in [0.15, 0.2) is 40.4 Å². The summed E-state index contributed by atoms with van der Waals surface area (Å²) >= 11 is 1.62. The van der Waals surface area contributed by atoms with Crippen molar-refractivity contribution in [1.82, 2.24) is 25.7 Å². The molecule has 4 rings (SSSR count). The van der Waals surface area contributed by atoms with Gasteiger partial charge in [-0.25, -0.2) is 4.98 Å². The number of hydrogen-bond donors (Lipinski definition) is 2. The van der Waals surface area contributed by atoms with E-state index in [2.05, 4.69) is 32.9 Å². The van der Waals surface area contributed by atoms with Gasteiger partial charge in [0.15, 0.2) is 0 Å². The second-order valence-corrected chi connectivity index (χ2v) is 10.6. The van der Waals surface area contributed by atoms with Gasteiger partial charge in [-0.2, -0.15) is 0 Å². The topological polar surface area (TPSA) is 100 Å². The Bertz CT molecular complexity index is 1190. The minimum atomic E-state index is -0.486. The summed E-state index contributed by atoms with van der Waals surface area (Å²) < 4.78 is 5.54. The highest BCUT2D eigenvalue weighted by Crippen LogP contribution is 2.32. The maximum absolute atomic E-state index is 13.6. The molecule has 0 spiro atoms. The normalized spacial score (nSPS) is 17.4. The zero-order valence-electron chi connectivity index (χ0n) is 21.6. The third-order valence-corrected chi connectivity index (χ3v) is 7.77. The van der Waals surface area contributed by atoms with Crippen LogP contribution in [0.1, 0.15) is 68.3 Å². The summed E-state index contributed by atoms with van der Waals surface area (Å²) in [5.74, 6) is -0.108. The van der Waals surface area contributed by atoms with Gasteiger partial charge in [-0.1, -0.05) is 43.3 Å². The van der Waals surface area contributed by atoms with Crippen molar-refractivity contribution in [1.29, 1.82) is 0 Å². The summed E-state index contributed by atoms with van der Waals surface area (Å²) in [6.07, 6.45) is 1.45. The zero-order chi connectivity index (χ0) is 25.8. The molecule has 3 aromatic rings. The van der Waals surface area contributed by atoms with Crippen LogP contribution in [0.25, 0.3) is 10.4 Å². The highest BCUT2D eigenvalue weighted by molar-refractivity contribution is 7.13. The average Bonchev–Trinajstić information content (AvgIpc) is 3.60. The number of rotatable bonds is 9. The SMILES string of the molecule is CNCc1cc(C(C(=O)N2CCCC2C(=O)NC(C)c2ccc(-c3scnc3C)cc2)C(C)C)on1. The van der Waals surface area contributed by atoms with Crippen LogP contribution in [0, 0.1) is 12.8 Å². The standard InChI is InChI=1S/C27H35N5O3S/c1-16(2)24(23-13-21(14-28-5)31-35-23)27(34)32-12-6-7-22(32)26(33)30-17(3)19-8-10-20(11-9-19)25-18(4)29-15-36-25/h8-11,13,15-17,22,24,28H,6-7,12,14H2,1-5H3,(H,30,33). The molecule has 0 saturated carbocycles. The van der Waals surface area contributed by atoms with Crippen LogP contribution in [-0.2, 0) is 16.1 Å². The minimum absolute atomic E-state index is 0.0109. The number of nitrogens with one attached hydrogen (secondary N) is 2. The lowest BCUT2D eigenvalue weighted by atomic mass is 9.91. The van der Waals surface area contributed by atoms with Gasteiger partial charge in [-0.3, -0.25) is 9.59 Å². The van der Waals surface area contributed by atoms with E-state index in [1.807, 2.05) is 58.5 Å². The first kappa shape index (κ1) is 26.0. The molecule has 0 radical (unpaired) electrons. The highest BCUT2D eigenvalue weighted by atomic mass is 32.1. The van der Waals surface area contributed by atoms with Crippen molar-refractivity contribution in [3.8, 4) is 10.4 Å². The van der Waals surface area contributed by atoms with E-state index in [0.29, 0.717) is 25.3 Å². The number of aromatic nitrogens is 2. The Hall–Kier alpha value is -3.04. The van der Waals surface area contributed by atoms with Crippen molar-refractivity contribution in [2.45, 2.75) is 65.1 Å². The van der Waals surface area contributed by atoms with E-state index in [1.165, 1.54) is 0 Å². The number of aryl methyl sites for hydroxylation is 1. The lowest BCUT2D eigenvalue weighted by Crippen LogP contribution is -2.48. The monoisotopic (exact) mass is 509 g/mol. The molecule has 9 heteroatoms. The quantitative estimate of drug-likeness (QED) is 0.443. The molecule has 3 unspecified atom stereocenters. The fourth-order valence-corrected chi connectivity index (χ4v) is 5.66. The number of carbonyl (C=O) groups excluding carboxylic acids is 2. The molecular formula is C27H35N5O3S. The molecule has 2 aromatic heterocycles. The second kappa shape index (κ2) is 11.3. The van der Waals surface area contributed by atoms with Gasteiger partial charge in [0, 0.05) is 19.2 Å². The number of nitrogens with zero attached hydrogens (tertiary/aromatic N) is 3. The van der Waals surface area contributed by atoms with Gasteiger partial charge in [0.2, 0.25) is 11.8 Å². The Morgan fingerprint density at radius 2 is 1.97 bits per heavy atom. The number of carbonyl (C=O) groups is 2. The smallest absolute Gasteiger partial charge is 0.243 e. The number of hydrogen-bond acceptors (Lipinski definition) is 7. The average molecular weight is 510 g/mol. The Labute approximate surface area is 216 Å². The third-order valence-electron chi connectivity index (χ3n) is 6.79. The van der Waals surface area contributed by atoms with Crippen molar-refractivity contribution in [3.63, 3.8) is 0 Å². The van der Waals surface area contributed by atoms with Crippen molar-refractivity contribution >= 4 is 23.2 Å². The lowest BCUT2D eigenvalue weighted by molar-refractivity contribution is -0.141. The van der Waals surface area contributed by atoms with Crippen LogP contribution >= 0.6 is 11.3 Å². The number of thiazole rings is 1. The summed E-state index contributed by atoms with van der Waals surface area (Å²) in [5, 5.41) is 10.3. The zero-order valence-corrected chi connectivity index (χ0v) is 22.4. The molecule has 1 aromatic carbocycles. The minimum Gasteiger partial charge on any atom is -0.360 e. The largest absolute Gasteiger partial charge is 0.360 e. The van der Waals surface area contributed by atoms with E-state index >= 15 is 0 Å². The van der Waals surface area contributed by atoms with Gasteiger partial charge in [-0.05, 0) is 50.8 Å². The molecule has 36 heavy (non-hydrogen) atoms. The van der Waals surface area contributed by atoms with Crippen LogP contribution in [0.3, 0.4) is 0 Å². The van der Waals surface area contributed by atoms with Gasteiger partial charge in [0.1, 0.15) is 17.7 Å². The Kier molecular flexibility index (Phi) is 8.21. The van der Waals surface area contributed by atoms with Gasteiger partial charge >= 0.3 is 0 Å². The third kappa shape index (κ3) is 5.52. The first-order valence-electron chi connectivity index (χ1n) is 12.5. The van der Waals surface area contributed by atoms with E-state index in [0.717, 1.165) is 33.8 Å². The van der Waals surface area contributed by atoms with Gasteiger partial charge < -0.3 is 20.1 Å². The van der Waals surface area contributed by atoms with Crippen LogP contribution < -0.4 is 10.6 Å². The molecule has 2 amide bonds. The molecule has 0 bridgehead atoms. The Balaban J connectivity index is 1.44. The molecule has 3 heterocycles. The number of benzene rings is 1. The maximum atomic E-state index is 13.6. The molecular weight excluding hydrogens is 474 g/mol. The summed E-state index contributed by atoms with van der Waals surface area (Å²) in [6, 6.07) is 9.39. The summed E-state index contributed by atoms with van der Waals surface area (Å²) in [5.41, 5.74) is 5.76. The van der Waals surface area contributed by atoms with E-state index in [-0.39, 0.29) is 23.8 Å². The van der Waals surface area contributed by atoms with Gasteiger partial charge in [0.05, 0.1) is 27.8 Å². The molecule has 0 aliphatic carbocycles. The van der Waals surface area contributed by atoms with E-state index in [9.17, 15) is 9.59 Å². The number of amides is 2. The number of likely N-dealkylation sites (tertiary alicyclic amines) is 1. The van der Waals surface area contributed by atoms with Crippen LogP contribution in [-0.4, -0.2) is 46.5 Å². The summed E-state index contributed by atoms with van der Waals surface area (Å²) in [4.78, 5) is 34.2. The highest BCUT2D eigenvalue weighted by Gasteiger charge is 2.40. The molecule has 1 aliphatic rings.